The highest BCUT2D eigenvalue weighted by atomic mass is 32.2. The number of imide groups is 2. The molecule has 164 valence electrons. The second-order valence-corrected chi connectivity index (χ2v) is 9.39. The molecule has 2 aliphatic rings. The van der Waals surface area contributed by atoms with Gasteiger partial charge in [0.1, 0.15) is 6.04 Å². The predicted molar refractivity (Wildman–Crippen MR) is 108 cm³/mol. The number of hydrogen-bond donors (Lipinski definition) is 1. The van der Waals surface area contributed by atoms with Crippen molar-refractivity contribution in [2.75, 3.05) is 12.3 Å². The Labute approximate surface area is 178 Å². The Balaban J connectivity index is 1.77. The molecule has 0 spiro atoms. The summed E-state index contributed by atoms with van der Waals surface area (Å²) < 4.78 is 25.8. The van der Waals surface area contributed by atoms with Crippen molar-refractivity contribution < 1.29 is 27.6 Å². The first-order chi connectivity index (χ1) is 14.8. The number of sulfone groups is 1. The molecule has 1 saturated heterocycles. The van der Waals surface area contributed by atoms with E-state index in [1.54, 1.807) is 0 Å². The van der Waals surface area contributed by atoms with Gasteiger partial charge in [0.2, 0.25) is 11.8 Å². The van der Waals surface area contributed by atoms with Gasteiger partial charge in [0.25, 0.3) is 11.8 Å². The number of piperidine rings is 1. The summed E-state index contributed by atoms with van der Waals surface area (Å²) in [7, 11) is -3.85. The molecule has 1 atom stereocenters. The van der Waals surface area contributed by atoms with Crippen molar-refractivity contribution in [1.29, 1.82) is 0 Å². The number of amides is 4. The Bertz CT molecular complexity index is 1090. The van der Waals surface area contributed by atoms with E-state index in [-0.39, 0.29) is 34.6 Å². The van der Waals surface area contributed by atoms with Gasteiger partial charge in [0.15, 0.2) is 9.84 Å². The fourth-order valence-corrected chi connectivity index (χ4v) is 5.32. The number of benzene rings is 1. The molecular weight excluding hydrogens is 426 g/mol. The molecule has 11 nitrogen and oxygen atoms in total. The summed E-state index contributed by atoms with van der Waals surface area (Å²) in [6.45, 7) is 0.349. The average molecular weight is 447 g/mol. The molecule has 0 bridgehead atoms. The van der Waals surface area contributed by atoms with Crippen LogP contribution in [0.25, 0.3) is 10.4 Å². The lowest BCUT2D eigenvalue weighted by atomic mass is 10.0. The van der Waals surface area contributed by atoms with E-state index >= 15 is 0 Å². The number of nitrogens with zero attached hydrogens (tertiary/aromatic N) is 4. The van der Waals surface area contributed by atoms with Crippen molar-refractivity contribution in [3.63, 3.8) is 0 Å². The highest BCUT2D eigenvalue weighted by Gasteiger charge is 2.46. The number of carbonyl (C=O) groups is 4. The lowest BCUT2D eigenvalue weighted by molar-refractivity contribution is -0.136. The minimum atomic E-state index is -3.85. The van der Waals surface area contributed by atoms with Crippen LogP contribution in [-0.4, -0.2) is 55.3 Å². The van der Waals surface area contributed by atoms with E-state index in [0.717, 1.165) is 4.90 Å². The van der Waals surface area contributed by atoms with Crippen LogP contribution in [0.1, 0.15) is 59.2 Å². The van der Waals surface area contributed by atoms with E-state index in [0.29, 0.717) is 32.2 Å². The van der Waals surface area contributed by atoms with Crippen LogP contribution in [-0.2, 0) is 19.4 Å². The third-order valence-corrected chi connectivity index (χ3v) is 7.09. The molecule has 31 heavy (non-hydrogen) atoms. The number of hydrogen-bond acceptors (Lipinski definition) is 7. The van der Waals surface area contributed by atoms with Gasteiger partial charge in [-0.05, 0) is 36.9 Å². The lowest BCUT2D eigenvalue weighted by Crippen LogP contribution is -2.54. The topological polar surface area (TPSA) is 166 Å². The van der Waals surface area contributed by atoms with Crippen LogP contribution < -0.4 is 5.32 Å². The first-order valence-electron chi connectivity index (χ1n) is 9.86. The third kappa shape index (κ3) is 4.59. The third-order valence-electron chi connectivity index (χ3n) is 5.25. The fourth-order valence-electron chi connectivity index (χ4n) is 3.73. The number of carbonyl (C=O) groups excluding carboxylic acids is 4. The van der Waals surface area contributed by atoms with Gasteiger partial charge in [-0.15, -0.1) is 0 Å². The van der Waals surface area contributed by atoms with Crippen LogP contribution in [0.4, 0.5) is 0 Å². The normalized spacial score (nSPS) is 18.6. The molecule has 0 aromatic heterocycles. The SMILES string of the molecule is [N-]=[N+]=NCCCCCCS(=O)(=O)c1cccc2c1C(=O)N(C1CCC(=O)NC1=O)C2=O. The first-order valence-corrected chi connectivity index (χ1v) is 11.5. The summed E-state index contributed by atoms with van der Waals surface area (Å²) in [5.74, 6) is -3.03. The molecule has 0 saturated carbocycles. The number of nitrogens with one attached hydrogen (secondary N) is 1. The number of rotatable bonds is 9. The monoisotopic (exact) mass is 447 g/mol. The highest BCUT2D eigenvalue weighted by molar-refractivity contribution is 7.91. The molecule has 1 aromatic carbocycles. The van der Waals surface area contributed by atoms with E-state index in [9.17, 15) is 27.6 Å². The molecule has 12 heteroatoms. The van der Waals surface area contributed by atoms with E-state index in [4.69, 9.17) is 5.53 Å². The molecule has 0 aliphatic carbocycles. The van der Waals surface area contributed by atoms with Crippen molar-refractivity contribution >= 4 is 33.5 Å². The zero-order valence-corrected chi connectivity index (χ0v) is 17.4. The van der Waals surface area contributed by atoms with Crippen LogP contribution in [0.3, 0.4) is 0 Å². The quantitative estimate of drug-likeness (QED) is 0.199. The van der Waals surface area contributed by atoms with Gasteiger partial charge in [-0.2, -0.15) is 0 Å². The van der Waals surface area contributed by atoms with Crippen LogP contribution >= 0.6 is 0 Å². The summed E-state index contributed by atoms with van der Waals surface area (Å²) >= 11 is 0. The van der Waals surface area contributed by atoms with Crippen molar-refractivity contribution in [3.8, 4) is 0 Å². The highest BCUT2D eigenvalue weighted by Crippen LogP contribution is 2.32. The molecule has 1 unspecified atom stereocenters. The average Bonchev–Trinajstić information content (AvgIpc) is 2.98. The van der Waals surface area contributed by atoms with Gasteiger partial charge in [-0.3, -0.25) is 29.4 Å². The largest absolute Gasteiger partial charge is 0.295 e. The zero-order valence-electron chi connectivity index (χ0n) is 16.6. The van der Waals surface area contributed by atoms with Crippen molar-refractivity contribution in [3.05, 3.63) is 39.8 Å². The molecular formula is C19H21N5O6S. The van der Waals surface area contributed by atoms with Crippen LogP contribution in [0, 0.1) is 0 Å². The van der Waals surface area contributed by atoms with E-state index < -0.39 is 39.5 Å². The van der Waals surface area contributed by atoms with Crippen LogP contribution in [0.2, 0.25) is 0 Å². The van der Waals surface area contributed by atoms with Gasteiger partial charge in [0, 0.05) is 17.9 Å². The molecule has 0 radical (unpaired) electrons. The maximum atomic E-state index is 13.0. The van der Waals surface area contributed by atoms with Gasteiger partial charge < -0.3 is 0 Å². The fraction of sp³-hybridized carbons (Fsp3) is 0.474. The Morgan fingerprint density at radius 2 is 1.84 bits per heavy atom. The number of azide groups is 1. The number of fused-ring (bicyclic) bond motifs is 1. The van der Waals surface area contributed by atoms with E-state index in [1.807, 2.05) is 0 Å². The van der Waals surface area contributed by atoms with E-state index in [2.05, 4.69) is 15.3 Å². The summed E-state index contributed by atoms with van der Waals surface area (Å²) in [5.41, 5.74) is 7.95. The first kappa shape index (κ1) is 22.4. The van der Waals surface area contributed by atoms with Crippen molar-refractivity contribution in [2.24, 2.45) is 5.11 Å². The Morgan fingerprint density at radius 3 is 2.55 bits per heavy atom. The molecule has 1 aromatic rings. The van der Waals surface area contributed by atoms with Crippen LogP contribution in [0.15, 0.2) is 28.2 Å². The zero-order chi connectivity index (χ0) is 22.6. The maximum Gasteiger partial charge on any atom is 0.263 e. The summed E-state index contributed by atoms with van der Waals surface area (Å²) in [6.07, 6.45) is 2.27. The molecule has 1 N–H and O–H groups in total. The van der Waals surface area contributed by atoms with Crippen molar-refractivity contribution in [1.82, 2.24) is 10.2 Å². The molecule has 4 amide bonds. The number of unbranched alkanes of at least 4 members (excludes halogenated alkanes) is 3. The Kier molecular flexibility index (Phi) is 6.71. The Morgan fingerprint density at radius 1 is 1.10 bits per heavy atom. The van der Waals surface area contributed by atoms with Gasteiger partial charge in [0.05, 0.1) is 21.8 Å². The molecule has 3 rings (SSSR count). The second-order valence-electron chi connectivity index (χ2n) is 7.31. The van der Waals surface area contributed by atoms with Crippen molar-refractivity contribution in [2.45, 2.75) is 49.5 Å². The van der Waals surface area contributed by atoms with Crippen LogP contribution in [0.5, 0.6) is 0 Å². The minimum absolute atomic E-state index is 0.00589. The van der Waals surface area contributed by atoms with Gasteiger partial charge >= 0.3 is 0 Å². The standard InChI is InChI=1S/C19H21N5O6S/c20-23-21-10-3-1-2-4-11-31(29,30)14-7-5-6-12-16(14)19(28)24(18(12)27)13-8-9-15(25)22-17(13)26/h5-7,13H,1-4,8-11H2,(H,22,25,26). The Hall–Kier alpha value is -3.24. The summed E-state index contributed by atoms with van der Waals surface area (Å²) in [4.78, 5) is 52.5. The maximum absolute atomic E-state index is 13.0. The molecule has 2 aliphatic heterocycles. The van der Waals surface area contributed by atoms with Gasteiger partial charge in [-0.1, -0.05) is 24.0 Å². The van der Waals surface area contributed by atoms with Gasteiger partial charge in [-0.25, -0.2) is 8.42 Å². The predicted octanol–water partition coefficient (Wildman–Crippen LogP) is 1.73. The molecule has 1 fully saturated rings. The lowest BCUT2D eigenvalue weighted by Gasteiger charge is -2.27. The second kappa shape index (κ2) is 9.27. The summed E-state index contributed by atoms with van der Waals surface area (Å²) in [6, 6.07) is 2.88. The molecule has 2 heterocycles. The van der Waals surface area contributed by atoms with E-state index in [1.165, 1.54) is 18.2 Å². The minimum Gasteiger partial charge on any atom is -0.295 e. The smallest absolute Gasteiger partial charge is 0.263 e. The summed E-state index contributed by atoms with van der Waals surface area (Å²) in [5, 5.41) is 5.52.